The zero-order valence-electron chi connectivity index (χ0n) is 13.8. The summed E-state index contributed by atoms with van der Waals surface area (Å²) in [6.07, 6.45) is 0. The molecule has 0 aliphatic carbocycles. The number of halogens is 1. The molecule has 1 aromatic rings. The number of methoxy groups -OCH3 is 1. The summed E-state index contributed by atoms with van der Waals surface area (Å²) in [6, 6.07) is 6.79. The van der Waals surface area contributed by atoms with Crippen molar-refractivity contribution in [3.8, 4) is 5.75 Å². The molecule has 128 valence electrons. The van der Waals surface area contributed by atoms with Gasteiger partial charge in [0.1, 0.15) is 16.5 Å². The molecule has 2 amide bonds. The first-order valence-corrected chi connectivity index (χ1v) is 8.45. The van der Waals surface area contributed by atoms with E-state index in [0.717, 1.165) is 37.6 Å². The molecule has 0 radical (unpaired) electrons. The third-order valence-electron chi connectivity index (χ3n) is 4.62. The number of rotatable bonds is 4. The van der Waals surface area contributed by atoms with Crippen LogP contribution in [-0.2, 0) is 9.59 Å². The monoisotopic (exact) mass is 350 g/mol. The molecule has 7 heteroatoms. The Bertz CT molecular complexity index is 679. The Morgan fingerprint density at radius 1 is 1.12 bits per heavy atom. The summed E-state index contributed by atoms with van der Waals surface area (Å²) < 4.78 is 5.11. The summed E-state index contributed by atoms with van der Waals surface area (Å²) in [7, 11) is 1.57. The minimum Gasteiger partial charge on any atom is -0.497 e. The lowest BCUT2D eigenvalue weighted by molar-refractivity contribution is -0.902. The summed E-state index contributed by atoms with van der Waals surface area (Å²) in [5.74, 6) is -0.155. The molecule has 0 unspecified atom stereocenters. The van der Waals surface area contributed by atoms with E-state index in [9.17, 15) is 9.59 Å². The van der Waals surface area contributed by atoms with Gasteiger partial charge >= 0.3 is 0 Å². The number of likely N-dealkylation sites (N-methyl/N-ethyl adjacent to an activating group) is 1. The Balaban J connectivity index is 1.82. The molecule has 0 atom stereocenters. The molecular formula is C17H21ClN3O3+. The molecule has 2 aliphatic rings. The minimum absolute atomic E-state index is 0.00997. The lowest BCUT2D eigenvalue weighted by Crippen LogP contribution is -3.14. The number of piperazine rings is 1. The first-order valence-electron chi connectivity index (χ1n) is 8.08. The second-order valence-electron chi connectivity index (χ2n) is 5.90. The number of nitrogens with zero attached hydrogens (tertiary/aromatic N) is 2. The molecule has 6 nitrogen and oxygen atoms in total. The standard InChI is InChI=1S/C17H20ClN3O3/c1-3-19-8-10-20(11-9-19)15-14(18)16(22)21(17(15)23)12-4-6-13(24-2)7-5-12/h4-7H,3,8-11H2,1-2H3/p+1. The highest BCUT2D eigenvalue weighted by Gasteiger charge is 2.42. The number of hydrogen-bond donors (Lipinski definition) is 1. The normalized spacial score (nSPS) is 19.5. The van der Waals surface area contributed by atoms with Crippen molar-refractivity contribution in [1.82, 2.24) is 4.90 Å². The number of hydrogen-bond acceptors (Lipinski definition) is 4. The van der Waals surface area contributed by atoms with Crippen LogP contribution in [-0.4, -0.2) is 56.5 Å². The number of benzene rings is 1. The molecule has 1 aromatic carbocycles. The molecule has 2 heterocycles. The lowest BCUT2D eigenvalue weighted by Gasteiger charge is -2.33. The number of amides is 2. The summed E-state index contributed by atoms with van der Waals surface area (Å²) >= 11 is 6.22. The molecule has 1 saturated heterocycles. The predicted octanol–water partition coefficient (Wildman–Crippen LogP) is 0.239. The second-order valence-corrected chi connectivity index (χ2v) is 6.27. The van der Waals surface area contributed by atoms with E-state index in [1.807, 2.05) is 4.90 Å². The number of ether oxygens (including phenoxy) is 1. The Kier molecular flexibility index (Phi) is 4.78. The van der Waals surface area contributed by atoms with E-state index in [4.69, 9.17) is 16.3 Å². The van der Waals surface area contributed by atoms with Crippen molar-refractivity contribution in [1.29, 1.82) is 0 Å². The summed E-state index contributed by atoms with van der Waals surface area (Å²) in [5.41, 5.74) is 0.824. The fourth-order valence-corrected chi connectivity index (χ4v) is 3.42. The van der Waals surface area contributed by atoms with Gasteiger partial charge in [-0.1, -0.05) is 11.6 Å². The van der Waals surface area contributed by atoms with Gasteiger partial charge in [0.05, 0.1) is 45.5 Å². The van der Waals surface area contributed by atoms with E-state index >= 15 is 0 Å². The van der Waals surface area contributed by atoms with Crippen LogP contribution >= 0.6 is 11.6 Å². The van der Waals surface area contributed by atoms with E-state index in [1.165, 1.54) is 4.90 Å². The number of carbonyl (C=O) groups excluding carboxylic acids is 2. The van der Waals surface area contributed by atoms with Gasteiger partial charge in [0.15, 0.2) is 0 Å². The number of imide groups is 1. The fourth-order valence-electron chi connectivity index (χ4n) is 3.13. The quantitative estimate of drug-likeness (QED) is 0.790. The van der Waals surface area contributed by atoms with Crippen LogP contribution in [0, 0.1) is 0 Å². The smallest absolute Gasteiger partial charge is 0.283 e. The van der Waals surface area contributed by atoms with Crippen molar-refractivity contribution in [2.45, 2.75) is 6.92 Å². The first kappa shape index (κ1) is 16.8. The van der Waals surface area contributed by atoms with E-state index < -0.39 is 5.91 Å². The van der Waals surface area contributed by atoms with Gasteiger partial charge in [0.25, 0.3) is 11.8 Å². The Morgan fingerprint density at radius 2 is 1.75 bits per heavy atom. The second kappa shape index (κ2) is 6.83. The number of quaternary nitrogens is 1. The average molecular weight is 351 g/mol. The maximum Gasteiger partial charge on any atom is 0.283 e. The van der Waals surface area contributed by atoms with Gasteiger partial charge < -0.3 is 14.5 Å². The minimum atomic E-state index is -0.466. The molecule has 0 spiro atoms. The fraction of sp³-hybridized carbons (Fsp3) is 0.412. The SMILES string of the molecule is CC[NH+]1CCN(C2=C(Cl)C(=O)N(c3ccc(OC)cc3)C2=O)CC1. The van der Waals surface area contributed by atoms with Crippen molar-refractivity contribution in [2.75, 3.05) is 44.7 Å². The third-order valence-corrected chi connectivity index (χ3v) is 4.96. The van der Waals surface area contributed by atoms with Crippen LogP contribution in [0.1, 0.15) is 6.92 Å². The molecule has 1 N–H and O–H groups in total. The maximum atomic E-state index is 12.8. The van der Waals surface area contributed by atoms with Crippen LogP contribution in [0.4, 0.5) is 5.69 Å². The topological polar surface area (TPSA) is 54.3 Å². The van der Waals surface area contributed by atoms with Crippen molar-refractivity contribution in [3.63, 3.8) is 0 Å². The van der Waals surface area contributed by atoms with Gasteiger partial charge in [-0.05, 0) is 31.2 Å². The number of nitrogens with one attached hydrogen (secondary N) is 1. The van der Waals surface area contributed by atoms with E-state index in [2.05, 4.69) is 6.92 Å². The zero-order valence-corrected chi connectivity index (χ0v) is 14.6. The van der Waals surface area contributed by atoms with Crippen LogP contribution in [0.5, 0.6) is 5.75 Å². The van der Waals surface area contributed by atoms with Crippen LogP contribution in [0.3, 0.4) is 0 Å². The summed E-state index contributed by atoms with van der Waals surface area (Å²) in [4.78, 5) is 29.9. The first-order chi connectivity index (χ1) is 11.6. The third kappa shape index (κ3) is 2.87. The van der Waals surface area contributed by atoms with Gasteiger partial charge in [0, 0.05) is 0 Å². The van der Waals surface area contributed by atoms with Crippen LogP contribution in [0.2, 0.25) is 0 Å². The molecule has 1 fully saturated rings. The molecule has 0 aromatic heterocycles. The van der Waals surface area contributed by atoms with Crippen molar-refractivity contribution in [3.05, 3.63) is 35.0 Å². The van der Waals surface area contributed by atoms with E-state index in [-0.39, 0.29) is 10.9 Å². The molecule has 0 bridgehead atoms. The molecule has 24 heavy (non-hydrogen) atoms. The van der Waals surface area contributed by atoms with Crippen LogP contribution in [0.25, 0.3) is 0 Å². The summed E-state index contributed by atoms with van der Waals surface area (Å²) in [6.45, 7) is 6.54. The summed E-state index contributed by atoms with van der Waals surface area (Å²) in [5, 5.41) is 0.00997. The lowest BCUT2D eigenvalue weighted by atomic mass is 10.2. The van der Waals surface area contributed by atoms with Gasteiger partial charge in [-0.2, -0.15) is 0 Å². The van der Waals surface area contributed by atoms with E-state index in [0.29, 0.717) is 17.1 Å². The Hall–Kier alpha value is -2.05. The molecule has 0 saturated carbocycles. The number of anilines is 1. The largest absolute Gasteiger partial charge is 0.497 e. The maximum absolute atomic E-state index is 12.8. The zero-order chi connectivity index (χ0) is 17.3. The highest BCUT2D eigenvalue weighted by atomic mass is 35.5. The van der Waals surface area contributed by atoms with Crippen molar-refractivity contribution >= 4 is 29.1 Å². The molecule has 2 aliphatic heterocycles. The van der Waals surface area contributed by atoms with Crippen molar-refractivity contribution < 1.29 is 19.2 Å². The number of carbonyl (C=O) groups is 2. The van der Waals surface area contributed by atoms with Gasteiger partial charge in [-0.3, -0.25) is 9.59 Å². The molecule has 3 rings (SSSR count). The van der Waals surface area contributed by atoms with Crippen molar-refractivity contribution in [2.24, 2.45) is 0 Å². The molecular weight excluding hydrogens is 330 g/mol. The van der Waals surface area contributed by atoms with Gasteiger partial charge in [0.2, 0.25) is 0 Å². The predicted molar refractivity (Wildman–Crippen MR) is 91.2 cm³/mol. The Morgan fingerprint density at radius 3 is 2.29 bits per heavy atom. The van der Waals surface area contributed by atoms with Crippen LogP contribution in [0.15, 0.2) is 35.0 Å². The average Bonchev–Trinajstić information content (AvgIpc) is 2.84. The highest BCUT2D eigenvalue weighted by Crippen LogP contribution is 2.31. The Labute approximate surface area is 146 Å². The van der Waals surface area contributed by atoms with E-state index in [1.54, 1.807) is 31.4 Å². The highest BCUT2D eigenvalue weighted by molar-refractivity contribution is 6.52. The van der Waals surface area contributed by atoms with Crippen LogP contribution < -0.4 is 14.5 Å². The van der Waals surface area contributed by atoms with Gasteiger partial charge in [-0.25, -0.2) is 4.90 Å². The van der Waals surface area contributed by atoms with Gasteiger partial charge in [-0.15, -0.1) is 0 Å².